The lowest BCUT2D eigenvalue weighted by Crippen LogP contribution is -2.41. The van der Waals surface area contributed by atoms with Crippen molar-refractivity contribution >= 4 is 20.0 Å². The predicted octanol–water partition coefficient (Wildman–Crippen LogP) is 1.62. The minimum atomic E-state index is -1.02. The topological polar surface area (TPSA) is 35.5 Å². The van der Waals surface area contributed by atoms with Gasteiger partial charge in [0.2, 0.25) is 0 Å². The van der Waals surface area contributed by atoms with Crippen LogP contribution in [0.4, 0.5) is 0 Å². The summed E-state index contributed by atoms with van der Waals surface area (Å²) >= 11 is 0. The summed E-state index contributed by atoms with van der Waals surface area (Å²) in [7, 11) is -1.02. The number of benzene rings is 1. The Morgan fingerprint density at radius 1 is 1.28 bits per heavy atom. The first-order chi connectivity index (χ1) is 8.65. The normalized spacial score (nSPS) is 10.4. The summed E-state index contributed by atoms with van der Waals surface area (Å²) in [5.74, 6) is -0.329. The van der Waals surface area contributed by atoms with E-state index in [9.17, 15) is 4.79 Å². The van der Waals surface area contributed by atoms with Gasteiger partial charge in [0, 0.05) is 18.4 Å². The summed E-state index contributed by atoms with van der Waals surface area (Å²) in [4.78, 5) is 11.4. The highest BCUT2D eigenvalue weighted by Gasteiger charge is 2.17. The Morgan fingerprint density at radius 2 is 1.94 bits per heavy atom. The third-order valence-corrected chi connectivity index (χ3v) is 4.58. The van der Waals surface area contributed by atoms with Crippen LogP contribution in [0.15, 0.2) is 42.5 Å². The van der Waals surface area contributed by atoms with Crippen LogP contribution in [0.5, 0.6) is 0 Å². The van der Waals surface area contributed by atoms with Gasteiger partial charge >= 0.3 is 5.97 Å². The molecule has 0 heterocycles. The molecule has 0 bridgehead atoms. The van der Waals surface area contributed by atoms with Crippen LogP contribution in [0.1, 0.15) is 13.8 Å². The van der Waals surface area contributed by atoms with Gasteiger partial charge in [-0.3, -0.25) is 0 Å². The second kappa shape index (κ2) is 7.84. The van der Waals surface area contributed by atoms with Gasteiger partial charge in [-0.25, -0.2) is 4.79 Å². The monoisotopic (exact) mass is 263 g/mol. The number of hydrogen-bond donors (Lipinski definition) is 0. The maximum atomic E-state index is 11.4. The molecule has 0 saturated carbocycles. The first-order valence-corrected chi connectivity index (χ1v) is 7.87. The van der Waals surface area contributed by atoms with Crippen molar-refractivity contribution in [3.8, 4) is 0 Å². The predicted molar refractivity (Wildman–Crippen MR) is 74.1 cm³/mol. The molecular formula is C14H19O3Si. The number of ether oxygens (including phenoxy) is 2. The summed E-state index contributed by atoms with van der Waals surface area (Å²) in [6.07, 6.45) is 1.06. The number of carbonyl (C=O) groups is 1. The van der Waals surface area contributed by atoms with E-state index in [1.54, 1.807) is 6.92 Å². The van der Waals surface area contributed by atoms with Crippen molar-refractivity contribution in [2.24, 2.45) is 0 Å². The third-order valence-electron chi connectivity index (χ3n) is 2.39. The molecular weight excluding hydrogens is 244 g/mol. The number of carbonyl (C=O) groups excluding carboxylic acids is 1. The van der Waals surface area contributed by atoms with Gasteiger partial charge in [-0.1, -0.05) is 42.1 Å². The molecule has 97 valence electrons. The van der Waals surface area contributed by atoms with E-state index in [4.69, 9.17) is 9.47 Å². The van der Waals surface area contributed by atoms with Crippen LogP contribution in [0, 0.1) is 0 Å². The van der Waals surface area contributed by atoms with Crippen molar-refractivity contribution in [2.45, 2.75) is 13.8 Å². The summed E-state index contributed by atoms with van der Waals surface area (Å²) in [6, 6.07) is 10.1. The molecule has 0 aliphatic carbocycles. The Balaban J connectivity index is 2.62. The highest BCUT2D eigenvalue weighted by atomic mass is 28.3. The minimum Gasteiger partial charge on any atom is -0.466 e. The molecule has 1 radical (unpaired) electrons. The quantitative estimate of drug-likeness (QED) is 0.426. The maximum Gasteiger partial charge on any atom is 0.332 e. The van der Waals surface area contributed by atoms with Gasteiger partial charge in [0.25, 0.3) is 0 Å². The first-order valence-electron chi connectivity index (χ1n) is 5.95. The van der Waals surface area contributed by atoms with E-state index >= 15 is 0 Å². The fourth-order valence-corrected chi connectivity index (χ4v) is 3.22. The maximum absolute atomic E-state index is 11.4. The van der Waals surface area contributed by atoms with Crippen molar-refractivity contribution in [1.29, 1.82) is 0 Å². The second-order valence-corrected chi connectivity index (χ2v) is 6.32. The zero-order valence-corrected chi connectivity index (χ0v) is 11.9. The lowest BCUT2D eigenvalue weighted by atomic mass is 10.4. The van der Waals surface area contributed by atoms with E-state index in [1.165, 1.54) is 5.19 Å². The standard InChI is InChI=1S/C14H19O3Si/c1-4-16-10-18(11-17-14(15)12(2)3)13-8-6-5-7-9-13/h5-9H,2,4,10-11H2,1,3H3. The second-order valence-electron chi connectivity index (χ2n) is 3.96. The molecule has 0 unspecified atom stereocenters. The van der Waals surface area contributed by atoms with E-state index in [0.29, 0.717) is 24.6 Å². The average Bonchev–Trinajstić information content (AvgIpc) is 2.39. The van der Waals surface area contributed by atoms with E-state index in [2.05, 4.69) is 18.7 Å². The third kappa shape index (κ3) is 4.85. The molecule has 1 aromatic rings. The highest BCUT2D eigenvalue weighted by Crippen LogP contribution is 1.96. The molecule has 0 spiro atoms. The molecule has 1 rings (SSSR count). The van der Waals surface area contributed by atoms with Crippen LogP contribution in [-0.4, -0.2) is 33.8 Å². The molecule has 0 aliphatic rings. The summed E-state index contributed by atoms with van der Waals surface area (Å²) in [6.45, 7) is 7.86. The van der Waals surface area contributed by atoms with Gasteiger partial charge in [-0.05, 0) is 13.8 Å². The lowest BCUT2D eigenvalue weighted by Gasteiger charge is -2.15. The van der Waals surface area contributed by atoms with Crippen molar-refractivity contribution in [3.05, 3.63) is 42.5 Å². The fourth-order valence-electron chi connectivity index (χ4n) is 1.38. The Kier molecular flexibility index (Phi) is 6.39. The van der Waals surface area contributed by atoms with E-state index in [1.807, 2.05) is 25.1 Å². The highest BCUT2D eigenvalue weighted by molar-refractivity contribution is 6.73. The molecule has 0 N–H and O–H groups in total. The molecule has 0 amide bonds. The molecule has 0 aliphatic heterocycles. The molecule has 0 aromatic heterocycles. The van der Waals surface area contributed by atoms with E-state index < -0.39 is 8.80 Å². The molecule has 0 fully saturated rings. The van der Waals surface area contributed by atoms with Gasteiger partial charge in [0.05, 0.1) is 6.23 Å². The van der Waals surface area contributed by atoms with Crippen molar-refractivity contribution in [2.75, 3.05) is 19.1 Å². The van der Waals surface area contributed by atoms with Crippen LogP contribution in [0.3, 0.4) is 0 Å². The Labute approximate surface area is 110 Å². The smallest absolute Gasteiger partial charge is 0.332 e. The Bertz CT molecular complexity index is 389. The Hall–Kier alpha value is -1.39. The average molecular weight is 263 g/mol. The van der Waals surface area contributed by atoms with E-state index in [0.717, 1.165) is 0 Å². The lowest BCUT2D eigenvalue weighted by molar-refractivity contribution is -0.137. The summed E-state index contributed by atoms with van der Waals surface area (Å²) in [5, 5.41) is 1.21. The van der Waals surface area contributed by atoms with E-state index in [-0.39, 0.29) is 5.97 Å². The van der Waals surface area contributed by atoms with Crippen molar-refractivity contribution in [1.82, 2.24) is 0 Å². The van der Waals surface area contributed by atoms with Crippen molar-refractivity contribution < 1.29 is 14.3 Å². The van der Waals surface area contributed by atoms with Crippen LogP contribution in [-0.2, 0) is 14.3 Å². The van der Waals surface area contributed by atoms with Gasteiger partial charge in [-0.2, -0.15) is 0 Å². The molecule has 3 nitrogen and oxygen atoms in total. The summed E-state index contributed by atoms with van der Waals surface area (Å²) in [5.41, 5.74) is 0.431. The summed E-state index contributed by atoms with van der Waals surface area (Å²) < 4.78 is 10.7. The largest absolute Gasteiger partial charge is 0.466 e. The zero-order chi connectivity index (χ0) is 13.4. The SMILES string of the molecule is C=C(C)C(=O)OC[Si](COCC)c1ccccc1. The Morgan fingerprint density at radius 3 is 2.50 bits per heavy atom. The zero-order valence-electron chi connectivity index (χ0n) is 10.9. The van der Waals surface area contributed by atoms with Crippen molar-refractivity contribution in [3.63, 3.8) is 0 Å². The fraction of sp³-hybridized carbons (Fsp3) is 0.357. The minimum absolute atomic E-state index is 0.329. The number of rotatable bonds is 7. The molecule has 1 aromatic carbocycles. The van der Waals surface area contributed by atoms with Crippen LogP contribution < -0.4 is 5.19 Å². The molecule has 0 saturated heterocycles. The van der Waals surface area contributed by atoms with Gasteiger partial charge < -0.3 is 9.47 Å². The van der Waals surface area contributed by atoms with Gasteiger partial charge in [0.1, 0.15) is 0 Å². The number of hydrogen-bond acceptors (Lipinski definition) is 3. The molecule has 0 atom stereocenters. The van der Waals surface area contributed by atoms with Crippen LogP contribution >= 0.6 is 0 Å². The number of esters is 1. The molecule has 18 heavy (non-hydrogen) atoms. The molecule has 4 heteroatoms. The van der Waals surface area contributed by atoms with Gasteiger partial charge in [-0.15, -0.1) is 0 Å². The van der Waals surface area contributed by atoms with Crippen LogP contribution in [0.2, 0.25) is 0 Å². The van der Waals surface area contributed by atoms with Gasteiger partial charge in [0.15, 0.2) is 8.80 Å². The first kappa shape index (κ1) is 14.7. The van der Waals surface area contributed by atoms with Crippen LogP contribution in [0.25, 0.3) is 0 Å².